The van der Waals surface area contributed by atoms with E-state index in [1.54, 1.807) is 18.4 Å². The number of anilines is 1. The van der Waals surface area contributed by atoms with E-state index in [0.717, 1.165) is 66.0 Å². The Bertz CT molecular complexity index is 870. The number of aromatic nitrogens is 1. The molecular weight excluding hydrogens is 408 g/mol. The van der Waals surface area contributed by atoms with Gasteiger partial charge in [0.25, 0.3) is 0 Å². The van der Waals surface area contributed by atoms with Gasteiger partial charge in [0.05, 0.1) is 17.3 Å². The van der Waals surface area contributed by atoms with Crippen LogP contribution >= 0.6 is 11.3 Å². The maximum absolute atomic E-state index is 12.7. The summed E-state index contributed by atoms with van der Waals surface area (Å²) in [5.41, 5.74) is 1.01. The van der Waals surface area contributed by atoms with Crippen LogP contribution in [0.1, 0.15) is 39.5 Å². The fourth-order valence-corrected chi connectivity index (χ4v) is 5.70. The lowest BCUT2D eigenvalue weighted by molar-refractivity contribution is -0.125. The molecule has 31 heavy (non-hydrogen) atoms. The number of methoxy groups -OCH3 is 1. The van der Waals surface area contributed by atoms with Gasteiger partial charge in [-0.2, -0.15) is 0 Å². The van der Waals surface area contributed by atoms with Crippen molar-refractivity contribution >= 4 is 32.6 Å². The third kappa shape index (κ3) is 5.69. The van der Waals surface area contributed by atoms with Crippen molar-refractivity contribution in [3.05, 3.63) is 18.2 Å². The number of carbonyl (C=O) groups excluding carboxylic acids is 1. The minimum Gasteiger partial charge on any atom is -0.497 e. The van der Waals surface area contributed by atoms with Gasteiger partial charge in [-0.05, 0) is 68.8 Å². The Morgan fingerprint density at radius 1 is 1.23 bits per heavy atom. The van der Waals surface area contributed by atoms with Crippen LogP contribution in [-0.2, 0) is 4.79 Å². The number of fused-ring (bicyclic) bond motifs is 1. The summed E-state index contributed by atoms with van der Waals surface area (Å²) in [6.07, 6.45) is 4.40. The number of hydrogen-bond acceptors (Lipinski definition) is 6. The number of rotatable bonds is 7. The van der Waals surface area contributed by atoms with Gasteiger partial charge >= 0.3 is 0 Å². The molecule has 2 aliphatic heterocycles. The van der Waals surface area contributed by atoms with E-state index in [0.29, 0.717) is 5.92 Å². The Balaban J connectivity index is 1.21. The third-order valence-corrected chi connectivity index (χ3v) is 7.87. The number of piperidine rings is 2. The van der Waals surface area contributed by atoms with Crippen molar-refractivity contribution in [1.29, 1.82) is 0 Å². The molecule has 0 unspecified atom stereocenters. The Morgan fingerprint density at radius 2 is 1.97 bits per heavy atom. The van der Waals surface area contributed by atoms with E-state index in [1.807, 2.05) is 18.2 Å². The van der Waals surface area contributed by atoms with Crippen LogP contribution in [-0.4, -0.2) is 62.2 Å². The van der Waals surface area contributed by atoms with Gasteiger partial charge in [-0.3, -0.25) is 4.79 Å². The van der Waals surface area contributed by atoms with Crippen molar-refractivity contribution < 1.29 is 9.53 Å². The fourth-order valence-electron chi connectivity index (χ4n) is 4.66. The highest BCUT2D eigenvalue weighted by Gasteiger charge is 2.27. The molecule has 2 aliphatic rings. The summed E-state index contributed by atoms with van der Waals surface area (Å²) in [7, 11) is 1.69. The first-order valence-electron chi connectivity index (χ1n) is 11.7. The molecule has 2 fully saturated rings. The minimum atomic E-state index is 0.119. The number of thiazole rings is 1. The molecule has 4 rings (SSSR count). The molecule has 0 aliphatic carbocycles. The first-order valence-corrected chi connectivity index (χ1v) is 12.5. The van der Waals surface area contributed by atoms with E-state index in [2.05, 4.69) is 29.0 Å². The molecular formula is C24H36N4O2S. The predicted molar refractivity (Wildman–Crippen MR) is 128 cm³/mol. The van der Waals surface area contributed by atoms with E-state index >= 15 is 0 Å². The molecule has 6 nitrogen and oxygen atoms in total. The summed E-state index contributed by atoms with van der Waals surface area (Å²) < 4.78 is 6.47. The molecule has 1 N–H and O–H groups in total. The normalized spacial score (nSPS) is 20.2. The lowest BCUT2D eigenvalue weighted by Gasteiger charge is -2.33. The molecule has 0 radical (unpaired) electrons. The quantitative estimate of drug-likeness (QED) is 0.699. The molecule has 0 bridgehead atoms. The second-order valence-corrected chi connectivity index (χ2v) is 10.4. The fraction of sp³-hybridized carbons (Fsp3) is 0.667. The lowest BCUT2D eigenvalue weighted by atomic mass is 9.96. The number of benzene rings is 1. The van der Waals surface area contributed by atoms with Crippen LogP contribution in [0.5, 0.6) is 5.75 Å². The Hall–Kier alpha value is -1.86. The highest BCUT2D eigenvalue weighted by Crippen LogP contribution is 2.33. The van der Waals surface area contributed by atoms with Gasteiger partial charge in [-0.25, -0.2) is 4.98 Å². The summed E-state index contributed by atoms with van der Waals surface area (Å²) in [5, 5.41) is 4.28. The molecule has 3 heterocycles. The van der Waals surface area contributed by atoms with E-state index in [4.69, 9.17) is 9.72 Å². The van der Waals surface area contributed by atoms with Gasteiger partial charge in [0.15, 0.2) is 5.13 Å². The first-order chi connectivity index (χ1) is 15.0. The zero-order valence-electron chi connectivity index (χ0n) is 19.1. The summed E-state index contributed by atoms with van der Waals surface area (Å²) in [6.45, 7) is 10.7. The van der Waals surface area contributed by atoms with Gasteiger partial charge in [-0.15, -0.1) is 0 Å². The number of ether oxygens (including phenoxy) is 1. The number of hydrogen-bond donors (Lipinski definition) is 1. The summed E-state index contributed by atoms with van der Waals surface area (Å²) >= 11 is 1.70. The van der Waals surface area contributed by atoms with Crippen LogP contribution in [0, 0.1) is 17.8 Å². The minimum absolute atomic E-state index is 0.119. The molecule has 0 spiro atoms. The molecule has 1 aromatic heterocycles. The average Bonchev–Trinajstić information content (AvgIpc) is 3.22. The zero-order valence-corrected chi connectivity index (χ0v) is 19.9. The van der Waals surface area contributed by atoms with Crippen molar-refractivity contribution in [2.45, 2.75) is 39.5 Å². The number of amides is 1. The molecule has 1 amide bonds. The molecule has 1 aromatic carbocycles. The lowest BCUT2D eigenvalue weighted by Crippen LogP contribution is -2.43. The second kappa shape index (κ2) is 10.2. The molecule has 170 valence electrons. The van der Waals surface area contributed by atoms with Crippen molar-refractivity contribution in [2.75, 3.05) is 51.3 Å². The zero-order chi connectivity index (χ0) is 21.8. The average molecular weight is 445 g/mol. The van der Waals surface area contributed by atoms with E-state index in [-0.39, 0.29) is 11.8 Å². The summed E-state index contributed by atoms with van der Waals surface area (Å²) in [4.78, 5) is 22.4. The maximum Gasteiger partial charge on any atom is 0.223 e. The number of likely N-dealkylation sites (tertiary alicyclic amines) is 1. The van der Waals surface area contributed by atoms with Crippen molar-refractivity contribution in [2.24, 2.45) is 17.8 Å². The summed E-state index contributed by atoms with van der Waals surface area (Å²) in [6, 6.07) is 6.01. The highest BCUT2D eigenvalue weighted by atomic mass is 32.1. The van der Waals surface area contributed by atoms with Gasteiger partial charge in [0.2, 0.25) is 5.91 Å². The Labute approximate surface area is 190 Å². The van der Waals surface area contributed by atoms with Crippen LogP contribution in [0.15, 0.2) is 18.2 Å². The third-order valence-electron chi connectivity index (χ3n) is 6.79. The second-order valence-electron chi connectivity index (χ2n) is 9.42. The monoisotopic (exact) mass is 444 g/mol. The van der Waals surface area contributed by atoms with Crippen molar-refractivity contribution in [3.63, 3.8) is 0 Å². The first kappa shape index (κ1) is 22.3. The van der Waals surface area contributed by atoms with Crippen molar-refractivity contribution in [1.82, 2.24) is 15.2 Å². The van der Waals surface area contributed by atoms with Gasteiger partial charge < -0.3 is 19.9 Å². The summed E-state index contributed by atoms with van der Waals surface area (Å²) in [5.74, 6) is 2.57. The number of carbonyl (C=O) groups is 1. The van der Waals surface area contributed by atoms with Crippen LogP contribution in [0.25, 0.3) is 10.2 Å². The SMILES string of the molecule is COc1ccc2nc(N3CCC(C(=O)NC[C@H](C)CN4CCC(C)CC4)CC3)sc2c1. The van der Waals surface area contributed by atoms with Gasteiger partial charge in [0.1, 0.15) is 5.75 Å². The Kier molecular flexibility index (Phi) is 7.33. The standard InChI is InChI=1S/C24H36N4O2S/c1-17-6-10-27(11-7-17)16-18(2)15-25-23(29)19-8-12-28(13-9-19)24-26-21-5-4-20(30-3)14-22(21)31-24/h4-5,14,17-19H,6-13,15-16H2,1-3H3,(H,25,29)/t18-/m0/s1. The number of nitrogens with zero attached hydrogens (tertiary/aromatic N) is 3. The number of nitrogens with one attached hydrogen (secondary N) is 1. The van der Waals surface area contributed by atoms with E-state index in [1.165, 1.54) is 25.9 Å². The van der Waals surface area contributed by atoms with Gasteiger partial charge in [-0.1, -0.05) is 25.2 Å². The molecule has 1 atom stereocenters. The topological polar surface area (TPSA) is 57.7 Å². The van der Waals surface area contributed by atoms with Crippen LogP contribution < -0.4 is 15.0 Å². The predicted octanol–water partition coefficient (Wildman–Crippen LogP) is 4.01. The van der Waals surface area contributed by atoms with Crippen LogP contribution in [0.2, 0.25) is 0 Å². The molecule has 7 heteroatoms. The largest absolute Gasteiger partial charge is 0.497 e. The van der Waals surface area contributed by atoms with E-state index < -0.39 is 0 Å². The van der Waals surface area contributed by atoms with Crippen LogP contribution in [0.3, 0.4) is 0 Å². The van der Waals surface area contributed by atoms with Crippen molar-refractivity contribution in [3.8, 4) is 5.75 Å². The highest BCUT2D eigenvalue weighted by molar-refractivity contribution is 7.22. The molecule has 0 saturated carbocycles. The molecule has 2 saturated heterocycles. The van der Waals surface area contributed by atoms with Crippen LogP contribution in [0.4, 0.5) is 5.13 Å². The van der Waals surface area contributed by atoms with E-state index in [9.17, 15) is 4.79 Å². The molecule has 2 aromatic rings. The smallest absolute Gasteiger partial charge is 0.223 e. The van der Waals surface area contributed by atoms with Gasteiger partial charge in [0, 0.05) is 32.1 Å². The maximum atomic E-state index is 12.7. The Morgan fingerprint density at radius 3 is 2.68 bits per heavy atom.